The molecular formula is C58H102N10O13. The van der Waals surface area contributed by atoms with Gasteiger partial charge in [0.05, 0.1) is 12.2 Å². The molecule has 0 aromatic heterocycles. The molecule has 0 aliphatic carbocycles. The van der Waals surface area contributed by atoms with Crippen LogP contribution in [-0.4, -0.2) is 152 Å². The number of carbonyl (C=O) groups excluding carboxylic acids is 11. The monoisotopic (exact) mass is 1150 g/mol. The third-order valence-electron chi connectivity index (χ3n) is 14.3. The average molecular weight is 1150 g/mol. The minimum atomic E-state index is -1.82. The van der Waals surface area contributed by atoms with Crippen LogP contribution < -0.4 is 48.3 Å². The predicted molar refractivity (Wildman–Crippen MR) is 308 cm³/mol. The van der Waals surface area contributed by atoms with Gasteiger partial charge in [0, 0.05) is 32.4 Å². The van der Waals surface area contributed by atoms with Crippen LogP contribution in [0.1, 0.15) is 182 Å². The van der Waals surface area contributed by atoms with Crippen LogP contribution in [0.2, 0.25) is 0 Å². The number of hydrogen-bond donors (Lipinski definition) is 11. The Hall–Kier alpha value is -5.97. The summed E-state index contributed by atoms with van der Waals surface area (Å²) >= 11 is 0. The molecule has 0 saturated carbocycles. The number of rotatable bonds is 35. The number of aliphatic hydroxyl groups excluding tert-OH is 2. The molecule has 1 saturated heterocycles. The van der Waals surface area contributed by atoms with Gasteiger partial charge in [0.1, 0.15) is 52.6 Å². The number of ketones is 1. The van der Waals surface area contributed by atoms with Gasteiger partial charge in [0.2, 0.25) is 59.1 Å². The van der Waals surface area contributed by atoms with Gasteiger partial charge in [-0.3, -0.25) is 52.7 Å². The van der Waals surface area contributed by atoms with Gasteiger partial charge in [-0.2, -0.15) is 0 Å². The minimum Gasteiger partial charge on any atom is -0.393 e. The minimum absolute atomic E-state index is 0.0478. The van der Waals surface area contributed by atoms with E-state index in [0.29, 0.717) is 19.4 Å². The van der Waals surface area contributed by atoms with Gasteiger partial charge in [0.25, 0.3) is 0 Å². The summed E-state index contributed by atoms with van der Waals surface area (Å²) in [5, 5.41) is 43.7. The molecule has 12 N–H and O–H groups in total. The third-order valence-corrected chi connectivity index (χ3v) is 14.3. The van der Waals surface area contributed by atoms with Gasteiger partial charge in [-0.25, -0.2) is 0 Å². The third kappa shape index (κ3) is 25.4. The number of likely N-dealkylation sites (tertiary alicyclic amines) is 1. The first-order chi connectivity index (χ1) is 37.3. The first-order valence-corrected chi connectivity index (χ1v) is 28.9. The molecule has 0 spiro atoms. The van der Waals surface area contributed by atoms with Crippen molar-refractivity contribution in [2.75, 3.05) is 13.1 Å². The molecule has 1 fully saturated rings. The predicted octanol–water partition coefficient (Wildman–Crippen LogP) is 2.09. The number of nitrogens with one attached hydrogen (secondary N) is 8. The number of nitrogens with zero attached hydrogens (tertiary/aromatic N) is 1. The maximum absolute atomic E-state index is 14.5. The van der Waals surface area contributed by atoms with E-state index >= 15 is 0 Å². The van der Waals surface area contributed by atoms with E-state index in [4.69, 9.17) is 5.73 Å². The van der Waals surface area contributed by atoms with E-state index in [9.17, 15) is 63.0 Å². The summed E-state index contributed by atoms with van der Waals surface area (Å²) in [5.74, 6) is -8.47. The summed E-state index contributed by atoms with van der Waals surface area (Å²) in [6.07, 6.45) is 2.43. The van der Waals surface area contributed by atoms with E-state index in [1.807, 2.05) is 48.5 Å². The molecule has 23 heteroatoms. The Kier molecular flexibility index (Phi) is 30.0. The average Bonchev–Trinajstić information content (AvgIpc) is 3.75. The van der Waals surface area contributed by atoms with E-state index in [-0.39, 0.29) is 86.9 Å². The number of amides is 10. The first kappa shape index (κ1) is 73.0. The van der Waals surface area contributed by atoms with Gasteiger partial charge in [0.15, 0.2) is 0 Å². The van der Waals surface area contributed by atoms with Crippen molar-refractivity contribution in [3.05, 3.63) is 12.2 Å². The highest BCUT2D eigenvalue weighted by atomic mass is 16.3. The Bertz CT molecular complexity index is 2210. The number of carbonyl (C=O) groups is 11. The fourth-order valence-corrected chi connectivity index (χ4v) is 9.01. The summed E-state index contributed by atoms with van der Waals surface area (Å²) < 4.78 is 0. The quantitative estimate of drug-likeness (QED) is 0.0320. The smallest absolute Gasteiger partial charge is 0.246 e. The lowest BCUT2D eigenvalue weighted by molar-refractivity contribution is -0.140. The fraction of sp³-hybridized carbons (Fsp3) is 0.776. The lowest BCUT2D eigenvalue weighted by atomic mass is 9.92. The number of allylic oxidation sites excluding steroid dienone is 1. The molecule has 81 heavy (non-hydrogen) atoms. The molecule has 23 nitrogen and oxygen atoms in total. The second kappa shape index (κ2) is 33.2. The molecule has 462 valence electrons. The van der Waals surface area contributed by atoms with Crippen LogP contribution in [0.4, 0.5) is 0 Å². The first-order valence-electron chi connectivity index (χ1n) is 28.9. The molecule has 0 radical (unpaired) electrons. The SMILES string of the molecule is CCC(=O)CC(O)CC(C)C[C@H](NC(=O)C1CC(C)CN1C(=O)/C=C/[C@@H](C)CC)C(=O)N[C@H](C(=O)NC(C)(C)C(=O)N[C@@H](CC(C)C)C(=O)N[C@@H](CC(C)C)C(=O)NC(C)(C)C(=O)NC(C)(C)C(=O)NCCCC(N)=O)C(O)C(C)C. The second-order valence-electron chi connectivity index (χ2n) is 25.2. The Labute approximate surface area is 481 Å². The summed E-state index contributed by atoms with van der Waals surface area (Å²) in [6.45, 7) is 28.7. The number of hydrogen-bond acceptors (Lipinski definition) is 13. The van der Waals surface area contributed by atoms with Crippen LogP contribution in [0.3, 0.4) is 0 Å². The zero-order chi connectivity index (χ0) is 62.5. The van der Waals surface area contributed by atoms with Gasteiger partial charge in [-0.1, -0.05) is 88.7 Å². The summed E-state index contributed by atoms with van der Waals surface area (Å²) in [5.41, 5.74) is 0.311. The number of aliphatic hydroxyl groups is 2. The zero-order valence-corrected chi connectivity index (χ0v) is 51.6. The van der Waals surface area contributed by atoms with Crippen molar-refractivity contribution in [3.63, 3.8) is 0 Å². The molecule has 1 rings (SSSR count). The Morgan fingerprint density at radius 1 is 0.642 bits per heavy atom. The van der Waals surface area contributed by atoms with Crippen molar-refractivity contribution in [1.29, 1.82) is 0 Å². The van der Waals surface area contributed by atoms with Crippen LogP contribution in [0, 0.1) is 35.5 Å². The van der Waals surface area contributed by atoms with Crippen molar-refractivity contribution in [2.24, 2.45) is 41.2 Å². The fourth-order valence-electron chi connectivity index (χ4n) is 9.01. The van der Waals surface area contributed by atoms with Crippen LogP contribution >= 0.6 is 0 Å². The largest absolute Gasteiger partial charge is 0.393 e. The van der Waals surface area contributed by atoms with Crippen molar-refractivity contribution in [3.8, 4) is 0 Å². The van der Waals surface area contributed by atoms with E-state index in [2.05, 4.69) is 42.5 Å². The maximum atomic E-state index is 14.5. The van der Waals surface area contributed by atoms with Crippen LogP contribution in [-0.2, 0) is 52.7 Å². The lowest BCUT2D eigenvalue weighted by Gasteiger charge is -2.34. The van der Waals surface area contributed by atoms with E-state index < -0.39 is 124 Å². The normalized spacial score (nSPS) is 17.9. The van der Waals surface area contributed by atoms with Crippen molar-refractivity contribution >= 4 is 64.9 Å². The molecule has 1 heterocycles. The van der Waals surface area contributed by atoms with Crippen molar-refractivity contribution < 1.29 is 63.0 Å². The molecule has 1 aliphatic heterocycles. The number of Topliss-reactive ketones (excluding diaryl/α,β-unsaturated/α-hetero) is 1. The van der Waals surface area contributed by atoms with E-state index in [0.717, 1.165) is 6.42 Å². The second-order valence-corrected chi connectivity index (χ2v) is 25.2. The zero-order valence-electron chi connectivity index (χ0n) is 51.6. The Morgan fingerprint density at radius 3 is 1.69 bits per heavy atom. The van der Waals surface area contributed by atoms with Crippen molar-refractivity contribution in [2.45, 2.75) is 241 Å². The van der Waals surface area contributed by atoms with Gasteiger partial charge < -0.3 is 63.4 Å². The molecule has 0 aromatic carbocycles. The summed E-state index contributed by atoms with van der Waals surface area (Å²) in [6, 6.07) is -6.48. The molecule has 5 unspecified atom stereocenters. The van der Waals surface area contributed by atoms with Crippen LogP contribution in [0.15, 0.2) is 12.2 Å². The molecule has 0 aromatic rings. The summed E-state index contributed by atoms with van der Waals surface area (Å²) in [7, 11) is 0. The van der Waals surface area contributed by atoms with E-state index in [1.165, 1.54) is 52.5 Å². The molecule has 0 bridgehead atoms. The molecule has 10 amide bonds. The molecule has 1 aliphatic rings. The number of nitrogens with two attached hydrogens (primary N) is 1. The van der Waals surface area contributed by atoms with Crippen LogP contribution in [0.25, 0.3) is 0 Å². The van der Waals surface area contributed by atoms with Gasteiger partial charge in [-0.05, 0) is 122 Å². The standard InChI is InChI=1S/C58H102N10O13/c1-18-35(9)22-23-45(72)68-31-37(11)29-43(68)51(77)62-42(28-36(10)27-39(70)30-38(69)19-2)49(75)64-46(47(73)34(7)8)52(78)66-57(14,15)54(80)63-40(25-32(3)4)48(74)61-41(26-33(5)6)50(76)65-58(16,17)55(81)67-56(12,13)53(79)60-24-20-21-44(59)71/h22-23,32-37,39-43,46-47,70,73H,18-21,24-31H2,1-17H3,(H2,59,71)(H,60,79)(H,61,74)(H,62,77)(H,63,80)(H,64,75)(H,65,76)(H,66,78)(H,67,81)/b23-22+/t35-,36?,37?,39?,40-,41-,42-,43?,46-,47?/m0/s1. The highest BCUT2D eigenvalue weighted by Crippen LogP contribution is 2.25. The van der Waals surface area contributed by atoms with E-state index in [1.54, 1.807) is 33.8 Å². The summed E-state index contributed by atoms with van der Waals surface area (Å²) in [4.78, 5) is 150. The topological polar surface area (TPSA) is 354 Å². The molecular weight excluding hydrogens is 1040 g/mol. The molecule has 10 atom stereocenters. The Balaban J connectivity index is 3.49. The van der Waals surface area contributed by atoms with Crippen LogP contribution in [0.5, 0.6) is 0 Å². The Morgan fingerprint density at radius 2 is 1.16 bits per heavy atom. The highest BCUT2D eigenvalue weighted by Gasteiger charge is 2.43. The maximum Gasteiger partial charge on any atom is 0.246 e. The lowest BCUT2D eigenvalue weighted by Crippen LogP contribution is -2.66. The van der Waals surface area contributed by atoms with Crippen molar-refractivity contribution in [1.82, 2.24) is 47.4 Å². The highest BCUT2D eigenvalue weighted by molar-refractivity contribution is 6.00. The van der Waals surface area contributed by atoms with Gasteiger partial charge >= 0.3 is 0 Å². The number of primary amides is 1. The van der Waals surface area contributed by atoms with Gasteiger partial charge in [-0.15, -0.1) is 0 Å².